The first kappa shape index (κ1) is 25.5. The summed E-state index contributed by atoms with van der Waals surface area (Å²) < 4.78 is 7.08. The number of nitrogens with zero attached hydrogens (tertiary/aromatic N) is 3. The number of nitrogens with one attached hydrogen (secondary N) is 3. The van der Waals surface area contributed by atoms with Crippen LogP contribution >= 0.6 is 0 Å². The van der Waals surface area contributed by atoms with Crippen molar-refractivity contribution in [2.75, 3.05) is 20.2 Å². The van der Waals surface area contributed by atoms with Crippen LogP contribution in [-0.4, -0.2) is 63.9 Å². The monoisotopic (exact) mass is 526 g/mol. The molecule has 2 aliphatic rings. The summed E-state index contributed by atoms with van der Waals surface area (Å²) in [6.45, 7) is 2.16. The molecule has 11 nitrogen and oxygen atoms in total. The molecule has 1 aromatic heterocycles. The second kappa shape index (κ2) is 10.3. The minimum absolute atomic E-state index is 0.0830. The van der Waals surface area contributed by atoms with Gasteiger partial charge in [0.1, 0.15) is 5.75 Å². The summed E-state index contributed by atoms with van der Waals surface area (Å²) in [7, 11) is 1.53. The Morgan fingerprint density at radius 2 is 1.97 bits per heavy atom. The third-order valence-corrected chi connectivity index (χ3v) is 6.54. The lowest BCUT2D eigenvalue weighted by molar-refractivity contribution is -0.122. The number of imidazole rings is 1. The lowest BCUT2D eigenvalue weighted by Crippen LogP contribution is -2.54. The molecule has 3 N–H and O–H groups in total. The van der Waals surface area contributed by atoms with Crippen molar-refractivity contribution >= 4 is 23.8 Å². The van der Waals surface area contributed by atoms with E-state index >= 15 is 0 Å². The highest BCUT2D eigenvalue weighted by Crippen LogP contribution is 2.28. The van der Waals surface area contributed by atoms with Crippen molar-refractivity contribution in [3.05, 3.63) is 77.4 Å². The number of amides is 5. The fourth-order valence-corrected chi connectivity index (χ4v) is 4.51. The van der Waals surface area contributed by atoms with Crippen LogP contribution in [0.2, 0.25) is 0 Å². The van der Waals surface area contributed by atoms with Crippen LogP contribution in [0.5, 0.6) is 5.75 Å². The molecule has 198 valence electrons. The summed E-state index contributed by atoms with van der Waals surface area (Å²) in [5.41, 5.74) is 2.03. The summed E-state index contributed by atoms with van der Waals surface area (Å²) in [6, 6.07) is 11.9. The molecule has 11 heteroatoms. The minimum Gasteiger partial charge on any atom is -0.497 e. The average molecular weight is 527 g/mol. The van der Waals surface area contributed by atoms with Gasteiger partial charge in [-0.2, -0.15) is 0 Å². The molecule has 3 heterocycles. The first-order chi connectivity index (χ1) is 18.8. The maximum atomic E-state index is 13.1. The summed E-state index contributed by atoms with van der Waals surface area (Å²) in [5, 5.41) is 7.61. The minimum atomic E-state index is -1.59. The number of methoxy groups -OCH3 is 1. The lowest BCUT2D eigenvalue weighted by Gasteiger charge is -2.26. The van der Waals surface area contributed by atoms with E-state index in [1.165, 1.54) is 18.9 Å². The second-order valence-electron chi connectivity index (χ2n) is 9.30. The molecule has 2 aliphatic heterocycles. The first-order valence-electron chi connectivity index (χ1n) is 12.3. The Hall–Kier alpha value is -5.11. The zero-order chi connectivity index (χ0) is 27.6. The van der Waals surface area contributed by atoms with Gasteiger partial charge in [0, 0.05) is 49.4 Å². The van der Waals surface area contributed by atoms with Gasteiger partial charge < -0.3 is 24.8 Å². The molecule has 0 radical (unpaired) electrons. The van der Waals surface area contributed by atoms with E-state index in [2.05, 4.69) is 32.8 Å². The number of hydrogen-bond donors (Lipinski definition) is 3. The zero-order valence-electron chi connectivity index (χ0n) is 21.4. The van der Waals surface area contributed by atoms with Crippen LogP contribution in [0.25, 0.3) is 5.69 Å². The van der Waals surface area contributed by atoms with Crippen molar-refractivity contribution in [2.24, 2.45) is 0 Å². The normalized spacial score (nSPS) is 17.7. The molecular formula is C28H26N6O5. The van der Waals surface area contributed by atoms with E-state index in [0.29, 0.717) is 29.8 Å². The Bertz CT molecular complexity index is 1530. The van der Waals surface area contributed by atoms with Gasteiger partial charge in [-0.05, 0) is 42.0 Å². The van der Waals surface area contributed by atoms with Crippen LogP contribution in [0, 0.1) is 11.8 Å². The van der Waals surface area contributed by atoms with Gasteiger partial charge in [-0.1, -0.05) is 17.9 Å². The number of hydrogen-bond acceptors (Lipinski definition) is 6. The van der Waals surface area contributed by atoms with Crippen LogP contribution in [0.3, 0.4) is 0 Å². The summed E-state index contributed by atoms with van der Waals surface area (Å²) in [5.74, 6) is 5.50. The van der Waals surface area contributed by atoms with Gasteiger partial charge in [0.15, 0.2) is 0 Å². The van der Waals surface area contributed by atoms with E-state index in [4.69, 9.17) is 4.74 Å². The molecule has 3 aromatic rings. The Morgan fingerprint density at radius 3 is 2.67 bits per heavy atom. The number of fused-ring (bicyclic) bond motifs is 1. The largest absolute Gasteiger partial charge is 0.497 e. The third kappa shape index (κ3) is 5.31. The Labute approximate surface area is 224 Å². The van der Waals surface area contributed by atoms with E-state index in [9.17, 15) is 19.2 Å². The number of ether oxygens (including phenoxy) is 1. The molecule has 1 saturated heterocycles. The highest BCUT2D eigenvalue weighted by atomic mass is 16.5. The van der Waals surface area contributed by atoms with E-state index < -0.39 is 17.5 Å². The van der Waals surface area contributed by atoms with Crippen LogP contribution in [0.4, 0.5) is 4.79 Å². The lowest BCUT2D eigenvalue weighted by atomic mass is 9.99. The van der Waals surface area contributed by atoms with Crippen molar-refractivity contribution in [3.8, 4) is 23.3 Å². The molecule has 1 atom stereocenters. The van der Waals surface area contributed by atoms with Crippen molar-refractivity contribution in [3.63, 3.8) is 0 Å². The number of benzene rings is 2. The first-order valence-corrected chi connectivity index (χ1v) is 12.3. The van der Waals surface area contributed by atoms with Crippen molar-refractivity contribution in [1.29, 1.82) is 0 Å². The van der Waals surface area contributed by atoms with Crippen molar-refractivity contribution < 1.29 is 23.9 Å². The van der Waals surface area contributed by atoms with Gasteiger partial charge in [0.2, 0.25) is 11.4 Å². The smallest absolute Gasteiger partial charge is 0.323 e. The number of carbonyl (C=O) groups excluding carboxylic acids is 4. The highest BCUT2D eigenvalue weighted by Gasteiger charge is 2.48. The molecule has 0 bridgehead atoms. The van der Waals surface area contributed by atoms with Crippen LogP contribution in [0.15, 0.2) is 55.0 Å². The standard InChI is InChI=1S/C28H26N6O5/c1-18(35)29-12-10-21-15-34(17-30-21)22-6-3-19(4-7-22)9-11-28(26(37)31-27(38)32-28)16-33-14-20-5-8-23(39-2)13-24(20)25(33)36/h3-8,13,15,17H,10,12,14,16H2,1-2H3,(H,29,35)(H2,31,32,37,38)/t28-/m1/s1. The quantitative estimate of drug-likeness (QED) is 0.312. The highest BCUT2D eigenvalue weighted by molar-refractivity contribution is 6.10. The van der Waals surface area contributed by atoms with Gasteiger partial charge in [-0.15, -0.1) is 0 Å². The van der Waals surface area contributed by atoms with Crippen LogP contribution in [0.1, 0.15) is 34.1 Å². The fraction of sp³-hybridized carbons (Fsp3) is 0.250. The SMILES string of the molecule is COc1ccc2c(c1)C(=O)N(C[C@@]1(C#Cc3ccc(-n4cnc(CCNC(C)=O)c4)cc3)NC(=O)NC1=O)C2. The molecule has 0 unspecified atom stereocenters. The molecule has 0 spiro atoms. The fourth-order valence-electron chi connectivity index (χ4n) is 4.51. The van der Waals surface area contributed by atoms with Gasteiger partial charge >= 0.3 is 6.03 Å². The summed E-state index contributed by atoms with van der Waals surface area (Å²) in [6.07, 6.45) is 4.19. The van der Waals surface area contributed by atoms with E-state index in [-0.39, 0.29) is 24.9 Å². The van der Waals surface area contributed by atoms with Gasteiger partial charge in [0.05, 0.1) is 25.7 Å². The van der Waals surface area contributed by atoms with Crippen molar-refractivity contribution in [2.45, 2.75) is 25.4 Å². The Kier molecular flexibility index (Phi) is 6.77. The molecular weight excluding hydrogens is 500 g/mol. The summed E-state index contributed by atoms with van der Waals surface area (Å²) >= 11 is 0. The van der Waals surface area contributed by atoms with Gasteiger partial charge in [-0.25, -0.2) is 9.78 Å². The topological polar surface area (TPSA) is 135 Å². The number of rotatable bonds is 7. The maximum Gasteiger partial charge on any atom is 0.323 e. The van der Waals surface area contributed by atoms with Crippen molar-refractivity contribution in [1.82, 2.24) is 30.4 Å². The van der Waals surface area contributed by atoms with E-state index in [1.807, 2.05) is 29.0 Å². The van der Waals surface area contributed by atoms with E-state index in [0.717, 1.165) is 16.9 Å². The zero-order valence-corrected chi connectivity index (χ0v) is 21.4. The predicted molar refractivity (Wildman–Crippen MR) is 140 cm³/mol. The Morgan fingerprint density at radius 1 is 1.18 bits per heavy atom. The number of carbonyl (C=O) groups is 4. The second-order valence-corrected chi connectivity index (χ2v) is 9.30. The Balaban J connectivity index is 1.32. The average Bonchev–Trinajstić information content (AvgIpc) is 3.59. The molecule has 5 rings (SSSR count). The molecule has 0 saturated carbocycles. The van der Waals surface area contributed by atoms with Gasteiger partial charge in [-0.3, -0.25) is 19.7 Å². The predicted octanol–water partition coefficient (Wildman–Crippen LogP) is 1.15. The van der Waals surface area contributed by atoms with Crippen LogP contribution < -0.4 is 20.7 Å². The summed E-state index contributed by atoms with van der Waals surface area (Å²) in [4.78, 5) is 54.9. The number of urea groups is 1. The van der Waals surface area contributed by atoms with E-state index in [1.54, 1.807) is 30.6 Å². The number of aromatic nitrogens is 2. The van der Waals surface area contributed by atoms with Gasteiger partial charge in [0.25, 0.3) is 11.8 Å². The molecule has 2 aromatic carbocycles. The molecule has 1 fully saturated rings. The number of imide groups is 1. The molecule has 5 amide bonds. The maximum absolute atomic E-state index is 13.1. The molecule has 0 aliphatic carbocycles. The molecule has 39 heavy (non-hydrogen) atoms. The van der Waals surface area contributed by atoms with Crippen LogP contribution in [-0.2, 0) is 22.6 Å². The third-order valence-electron chi connectivity index (χ3n) is 6.54.